The van der Waals surface area contributed by atoms with E-state index in [-0.39, 0.29) is 0 Å². The van der Waals surface area contributed by atoms with Crippen LogP contribution >= 0.6 is 19.0 Å². The van der Waals surface area contributed by atoms with Gasteiger partial charge >= 0.3 is 6.72 Å². The Kier molecular flexibility index (Phi) is 21.8. The minimum absolute atomic E-state index is 0.370. The number of hydrogen-bond donors (Lipinski definition) is 2. The van der Waals surface area contributed by atoms with Crippen LogP contribution in [0.25, 0.3) is 0 Å². The third kappa shape index (κ3) is 19.9. The predicted molar refractivity (Wildman–Crippen MR) is 192 cm³/mol. The smallest absolute Gasteiger partial charge is 0.361 e. The van der Waals surface area contributed by atoms with Crippen LogP contribution in [0.1, 0.15) is 115 Å². The maximum atomic E-state index is 8.61. The molecule has 0 aromatic heterocycles. The topological polar surface area (TPSA) is 77.4 Å². The van der Waals surface area contributed by atoms with E-state index in [1.165, 1.54) is 101 Å². The van der Waals surface area contributed by atoms with Crippen molar-refractivity contribution in [2.75, 3.05) is 0 Å². The van der Waals surface area contributed by atoms with E-state index in [9.17, 15) is 0 Å². The van der Waals surface area contributed by atoms with Crippen LogP contribution in [0.15, 0.2) is 78.9 Å². The second-order valence-corrected chi connectivity index (χ2v) is 14.2. The van der Waals surface area contributed by atoms with E-state index in [4.69, 9.17) is 18.2 Å². The van der Waals surface area contributed by atoms with Crippen LogP contribution in [0.3, 0.4) is 0 Å². The summed E-state index contributed by atoms with van der Waals surface area (Å²) in [5, 5.41) is 0. The second kappa shape index (κ2) is 25.1. The van der Waals surface area contributed by atoms with Gasteiger partial charge in [-0.1, -0.05) is 145 Å². The molecule has 0 saturated carbocycles. The summed E-state index contributed by atoms with van der Waals surface area (Å²) in [7, 11) is 0. The Hall–Kier alpha value is -2.06. The van der Waals surface area contributed by atoms with Gasteiger partial charge in [-0.3, -0.25) is 0 Å². The van der Waals surface area contributed by atoms with Gasteiger partial charge in [0, 0.05) is 0 Å². The maximum Gasteiger partial charge on any atom is 0.361 e. The lowest BCUT2D eigenvalue weighted by atomic mass is 10.0. The highest BCUT2D eigenvalue weighted by Gasteiger charge is 2.10. The van der Waals surface area contributed by atoms with Gasteiger partial charge in [-0.05, 0) is 72.9 Å². The van der Waals surface area contributed by atoms with Crippen LogP contribution in [0, 0.1) is 0 Å². The van der Waals surface area contributed by atoms with E-state index in [2.05, 4.69) is 71.6 Å². The SMILES string of the molecule is CCCCCCCCCc1ccccc1OSOc1ccccc1CCCCCCCCC.OP(O)(=S)OOc1ccccc1. The molecule has 0 radical (unpaired) electrons. The summed E-state index contributed by atoms with van der Waals surface area (Å²) in [5.74, 6) is 2.23. The molecule has 45 heavy (non-hydrogen) atoms. The molecule has 3 aromatic carbocycles. The van der Waals surface area contributed by atoms with Gasteiger partial charge < -0.3 is 23.0 Å². The van der Waals surface area contributed by atoms with Gasteiger partial charge in [-0.25, -0.2) is 0 Å². The molecule has 0 spiro atoms. The number of aryl methyl sites for hydroxylation is 2. The van der Waals surface area contributed by atoms with Crippen LogP contribution in [0.2, 0.25) is 0 Å². The first kappa shape index (κ1) is 39.1. The van der Waals surface area contributed by atoms with Gasteiger partial charge in [0.25, 0.3) is 12.3 Å². The van der Waals surface area contributed by atoms with E-state index in [0.717, 1.165) is 36.7 Å². The van der Waals surface area contributed by atoms with Crippen LogP contribution in [-0.2, 0) is 29.3 Å². The van der Waals surface area contributed by atoms with Crippen molar-refractivity contribution in [3.63, 3.8) is 0 Å². The largest absolute Gasteiger partial charge is 0.391 e. The van der Waals surface area contributed by atoms with Crippen LogP contribution in [0.5, 0.6) is 17.2 Å². The number of benzene rings is 3. The second-order valence-electron chi connectivity index (χ2n) is 11.2. The lowest BCUT2D eigenvalue weighted by Gasteiger charge is -2.12. The van der Waals surface area contributed by atoms with Crippen LogP contribution in [-0.4, -0.2) is 9.79 Å². The molecule has 0 fully saturated rings. The first-order chi connectivity index (χ1) is 21.9. The Balaban J connectivity index is 0.000000490. The summed E-state index contributed by atoms with van der Waals surface area (Å²) >= 11 is 5.25. The number of rotatable bonds is 23. The third-order valence-corrected chi connectivity index (χ3v) is 8.21. The van der Waals surface area contributed by atoms with Crippen molar-refractivity contribution in [2.45, 2.75) is 117 Å². The van der Waals surface area contributed by atoms with Crippen molar-refractivity contribution >= 4 is 30.8 Å². The van der Waals surface area contributed by atoms with E-state index in [1.807, 2.05) is 12.1 Å². The zero-order chi connectivity index (χ0) is 32.4. The van der Waals surface area contributed by atoms with E-state index < -0.39 is 6.72 Å². The minimum atomic E-state index is -3.72. The summed E-state index contributed by atoms with van der Waals surface area (Å²) in [6.45, 7) is 0.823. The quantitative estimate of drug-likeness (QED) is 0.0338. The average molecular weight is 677 g/mol. The molecule has 0 aliphatic carbocycles. The van der Waals surface area contributed by atoms with Crippen molar-refractivity contribution in [3.8, 4) is 17.2 Å². The molecule has 3 aromatic rings. The fourth-order valence-corrected chi connectivity index (χ4v) is 5.57. The molecule has 250 valence electrons. The van der Waals surface area contributed by atoms with Gasteiger partial charge in [0.05, 0.1) is 0 Å². The fraction of sp³-hybridized carbons (Fsp3) is 0.500. The molecule has 9 heteroatoms. The van der Waals surface area contributed by atoms with Gasteiger partial charge in [0.2, 0.25) is 0 Å². The highest BCUT2D eigenvalue weighted by Crippen LogP contribution is 2.36. The maximum absolute atomic E-state index is 8.61. The Morgan fingerprint density at radius 1 is 0.556 bits per heavy atom. The summed E-state index contributed by atoms with van der Waals surface area (Å²) in [4.78, 5) is 21.7. The summed E-state index contributed by atoms with van der Waals surface area (Å²) in [5.41, 5.74) is 2.55. The first-order valence-electron chi connectivity index (χ1n) is 16.6. The highest BCUT2D eigenvalue weighted by molar-refractivity contribution is 8.06. The van der Waals surface area contributed by atoms with E-state index in [0.29, 0.717) is 5.75 Å². The molecule has 3 rings (SSSR count). The number of unbranched alkanes of at least 4 members (excludes halogenated alkanes) is 12. The first-order valence-corrected chi connectivity index (χ1v) is 19.9. The number of hydrogen-bond acceptors (Lipinski definition) is 6. The zero-order valence-corrected chi connectivity index (χ0v) is 29.6. The van der Waals surface area contributed by atoms with Gasteiger partial charge in [-0.2, -0.15) is 0 Å². The highest BCUT2D eigenvalue weighted by atomic mass is 32.5. The standard InChI is InChI=1S/C30H46O2S.C6H7O4PS/c1-3-5-7-9-11-13-15-21-27-23-17-19-25-29(27)31-33-32-30-26-20-18-24-28(30)22-16-14-12-10-8-6-4-2;7-11(8,12)10-9-6-4-2-1-3-5-6/h17-20,23-26H,3-16,21-22H2,1-2H3;1-5H,(H2,7,8,12). The lowest BCUT2D eigenvalue weighted by Crippen LogP contribution is -1.96. The molecule has 2 N–H and O–H groups in total. The van der Waals surface area contributed by atoms with Gasteiger partial charge in [-0.15, -0.1) is 4.67 Å². The molecule has 6 nitrogen and oxygen atoms in total. The monoisotopic (exact) mass is 676 g/mol. The van der Waals surface area contributed by atoms with Crippen molar-refractivity contribution in [2.24, 2.45) is 0 Å². The molecule has 0 bridgehead atoms. The van der Waals surface area contributed by atoms with E-state index >= 15 is 0 Å². The lowest BCUT2D eigenvalue weighted by molar-refractivity contribution is -0.110. The Bertz CT molecular complexity index is 1130. The van der Waals surface area contributed by atoms with Crippen LogP contribution in [0.4, 0.5) is 0 Å². The summed E-state index contributed by atoms with van der Waals surface area (Å²) < 4.78 is 16.1. The Labute approximate surface area is 281 Å². The summed E-state index contributed by atoms with van der Waals surface area (Å²) in [6, 6.07) is 25.2. The zero-order valence-electron chi connectivity index (χ0n) is 27.1. The molecule has 0 atom stereocenters. The van der Waals surface area contributed by atoms with Crippen molar-refractivity contribution in [3.05, 3.63) is 90.0 Å². The normalized spacial score (nSPS) is 11.0. The molecule has 0 aliphatic rings. The fourth-order valence-electron chi connectivity index (χ4n) is 4.79. The van der Waals surface area contributed by atoms with Crippen molar-refractivity contribution in [1.29, 1.82) is 0 Å². The number of para-hydroxylation sites is 3. The summed E-state index contributed by atoms with van der Waals surface area (Å²) in [6.07, 6.45) is 20.7. The van der Waals surface area contributed by atoms with Gasteiger partial charge in [0.1, 0.15) is 11.5 Å². The van der Waals surface area contributed by atoms with E-state index in [1.54, 1.807) is 30.3 Å². The third-order valence-electron chi connectivity index (χ3n) is 7.27. The molecule has 0 amide bonds. The minimum Gasteiger partial charge on any atom is -0.391 e. The molecular weight excluding hydrogens is 623 g/mol. The average Bonchev–Trinajstić information content (AvgIpc) is 3.05. The van der Waals surface area contributed by atoms with Gasteiger partial charge in [0.15, 0.2) is 5.75 Å². The Morgan fingerprint density at radius 2 is 0.956 bits per heavy atom. The molecule has 0 unspecified atom stereocenters. The van der Waals surface area contributed by atoms with Crippen molar-refractivity contribution in [1.82, 2.24) is 0 Å². The molecule has 0 saturated heterocycles. The van der Waals surface area contributed by atoms with Crippen LogP contribution < -0.4 is 13.3 Å². The van der Waals surface area contributed by atoms with Crippen molar-refractivity contribution < 1.29 is 27.7 Å². The molecule has 0 heterocycles. The molecule has 0 aliphatic heterocycles. The predicted octanol–water partition coefficient (Wildman–Crippen LogP) is 11.5. The Morgan fingerprint density at radius 3 is 1.40 bits per heavy atom. The molecular formula is C36H53O6PS2.